The average molecular weight is 276 g/mol. The first-order valence-electron chi connectivity index (χ1n) is 6.63. The van der Waals surface area contributed by atoms with E-state index in [0.717, 1.165) is 17.8 Å². The molecule has 1 aliphatic rings. The molecule has 6 nitrogen and oxygen atoms in total. The second kappa shape index (κ2) is 6.49. The predicted octanol–water partition coefficient (Wildman–Crippen LogP) is -0.142. The van der Waals surface area contributed by atoms with Crippen molar-refractivity contribution in [2.45, 2.75) is 6.54 Å². The van der Waals surface area contributed by atoms with Crippen molar-refractivity contribution in [2.75, 3.05) is 38.5 Å². The van der Waals surface area contributed by atoms with Gasteiger partial charge in [0.25, 0.3) is 0 Å². The van der Waals surface area contributed by atoms with Crippen molar-refractivity contribution in [2.24, 2.45) is 5.73 Å². The van der Waals surface area contributed by atoms with Gasteiger partial charge < -0.3 is 16.0 Å². The molecule has 1 aromatic carbocycles. The summed E-state index contributed by atoms with van der Waals surface area (Å²) in [6, 6.07) is 7.45. The lowest BCUT2D eigenvalue weighted by atomic mass is 10.2. The van der Waals surface area contributed by atoms with E-state index in [9.17, 15) is 9.59 Å². The Balaban J connectivity index is 1.87. The fraction of sp³-hybridized carbons (Fsp3) is 0.429. The summed E-state index contributed by atoms with van der Waals surface area (Å²) in [5.41, 5.74) is 7.27. The second-order valence-electron chi connectivity index (χ2n) is 4.98. The first kappa shape index (κ1) is 14.5. The monoisotopic (exact) mass is 276 g/mol. The van der Waals surface area contributed by atoms with Crippen molar-refractivity contribution in [3.63, 3.8) is 0 Å². The minimum absolute atomic E-state index is 0.0502. The summed E-state index contributed by atoms with van der Waals surface area (Å²) < 4.78 is 0. The van der Waals surface area contributed by atoms with E-state index >= 15 is 0 Å². The molecule has 0 aromatic heterocycles. The van der Waals surface area contributed by atoms with Crippen LogP contribution in [0.15, 0.2) is 24.3 Å². The van der Waals surface area contributed by atoms with E-state index in [1.165, 1.54) is 0 Å². The number of piperazine rings is 1. The summed E-state index contributed by atoms with van der Waals surface area (Å²) in [4.78, 5) is 27.1. The van der Waals surface area contributed by atoms with Gasteiger partial charge in [0.1, 0.15) is 0 Å². The van der Waals surface area contributed by atoms with E-state index in [4.69, 9.17) is 5.73 Å². The molecule has 108 valence electrons. The number of amides is 2. The Kier molecular flexibility index (Phi) is 4.70. The van der Waals surface area contributed by atoms with Crippen molar-refractivity contribution in [1.29, 1.82) is 0 Å². The average Bonchev–Trinajstić information content (AvgIpc) is 2.43. The smallest absolute Gasteiger partial charge is 0.238 e. The van der Waals surface area contributed by atoms with Crippen LogP contribution < -0.4 is 11.1 Å². The summed E-state index contributed by atoms with van der Waals surface area (Å²) in [7, 11) is 1.78. The molecule has 0 spiro atoms. The van der Waals surface area contributed by atoms with Crippen LogP contribution in [0.1, 0.15) is 5.56 Å². The third-order valence-corrected chi connectivity index (χ3v) is 3.35. The first-order chi connectivity index (χ1) is 9.58. The molecule has 0 unspecified atom stereocenters. The molecule has 0 saturated carbocycles. The highest BCUT2D eigenvalue weighted by molar-refractivity contribution is 5.92. The van der Waals surface area contributed by atoms with E-state index in [0.29, 0.717) is 19.6 Å². The zero-order chi connectivity index (χ0) is 14.5. The molecule has 1 aliphatic heterocycles. The molecule has 2 rings (SSSR count). The van der Waals surface area contributed by atoms with Gasteiger partial charge in [-0.3, -0.25) is 14.5 Å². The van der Waals surface area contributed by atoms with Crippen LogP contribution in [0.25, 0.3) is 0 Å². The Morgan fingerprint density at radius 1 is 1.40 bits per heavy atom. The van der Waals surface area contributed by atoms with Crippen molar-refractivity contribution < 1.29 is 9.59 Å². The zero-order valence-corrected chi connectivity index (χ0v) is 11.6. The standard InChI is InChI=1S/C14H20N4O2/c1-17-5-6-18(10-14(17)20)9-13(19)16-12-4-2-3-11(7-12)8-15/h2-4,7H,5-6,8-10,15H2,1H3,(H,16,19). The largest absolute Gasteiger partial charge is 0.343 e. The Bertz CT molecular complexity index is 504. The van der Waals surface area contributed by atoms with Crippen LogP contribution in [-0.2, 0) is 16.1 Å². The first-order valence-corrected chi connectivity index (χ1v) is 6.63. The molecule has 0 atom stereocenters. The number of nitrogens with one attached hydrogen (secondary N) is 1. The van der Waals surface area contributed by atoms with Gasteiger partial charge >= 0.3 is 0 Å². The van der Waals surface area contributed by atoms with E-state index in [2.05, 4.69) is 5.32 Å². The van der Waals surface area contributed by atoms with Gasteiger partial charge in [0.2, 0.25) is 11.8 Å². The van der Waals surface area contributed by atoms with Crippen molar-refractivity contribution in [3.8, 4) is 0 Å². The number of nitrogens with two attached hydrogens (primary N) is 1. The highest BCUT2D eigenvalue weighted by Crippen LogP contribution is 2.10. The second-order valence-corrected chi connectivity index (χ2v) is 4.98. The van der Waals surface area contributed by atoms with Crippen LogP contribution in [-0.4, -0.2) is 54.8 Å². The summed E-state index contributed by atoms with van der Waals surface area (Å²) in [6.07, 6.45) is 0. The Labute approximate surface area is 118 Å². The third-order valence-electron chi connectivity index (χ3n) is 3.35. The van der Waals surface area contributed by atoms with E-state index in [1.807, 2.05) is 29.2 Å². The van der Waals surface area contributed by atoms with E-state index in [-0.39, 0.29) is 18.4 Å². The maximum absolute atomic E-state index is 12.0. The molecule has 1 aromatic rings. The lowest BCUT2D eigenvalue weighted by Gasteiger charge is -2.31. The Hall–Kier alpha value is -1.92. The molecule has 0 aliphatic carbocycles. The van der Waals surface area contributed by atoms with Crippen molar-refractivity contribution >= 4 is 17.5 Å². The fourth-order valence-corrected chi connectivity index (χ4v) is 2.12. The number of nitrogens with zero attached hydrogens (tertiary/aromatic N) is 2. The molecule has 3 N–H and O–H groups in total. The lowest BCUT2D eigenvalue weighted by Crippen LogP contribution is -2.50. The zero-order valence-electron chi connectivity index (χ0n) is 11.6. The van der Waals surface area contributed by atoms with Crippen LogP contribution in [0.2, 0.25) is 0 Å². The number of rotatable bonds is 4. The van der Waals surface area contributed by atoms with Gasteiger partial charge in [0.15, 0.2) is 0 Å². The summed E-state index contributed by atoms with van der Waals surface area (Å²) in [5.74, 6) is -0.0642. The normalized spacial score (nSPS) is 16.3. The minimum atomic E-state index is -0.114. The molecule has 2 amide bonds. The summed E-state index contributed by atoms with van der Waals surface area (Å²) >= 11 is 0. The summed E-state index contributed by atoms with van der Waals surface area (Å²) in [6.45, 7) is 2.35. The molecular formula is C14H20N4O2. The van der Waals surface area contributed by atoms with Crippen molar-refractivity contribution in [1.82, 2.24) is 9.80 Å². The van der Waals surface area contributed by atoms with Crippen molar-refractivity contribution in [3.05, 3.63) is 29.8 Å². The van der Waals surface area contributed by atoms with Gasteiger partial charge in [-0.2, -0.15) is 0 Å². The SMILES string of the molecule is CN1CCN(CC(=O)Nc2cccc(CN)c2)CC1=O. The van der Waals surface area contributed by atoms with Crippen LogP contribution in [0.4, 0.5) is 5.69 Å². The van der Waals surface area contributed by atoms with Gasteiger partial charge in [-0.05, 0) is 17.7 Å². The molecule has 1 fully saturated rings. The molecule has 0 bridgehead atoms. The lowest BCUT2D eigenvalue weighted by molar-refractivity contribution is -0.135. The highest BCUT2D eigenvalue weighted by Gasteiger charge is 2.22. The van der Waals surface area contributed by atoms with Crippen LogP contribution in [0.5, 0.6) is 0 Å². The molecule has 20 heavy (non-hydrogen) atoms. The molecule has 0 radical (unpaired) electrons. The van der Waals surface area contributed by atoms with Gasteiger partial charge in [0, 0.05) is 32.4 Å². The number of likely N-dealkylation sites (N-methyl/N-ethyl adjacent to an activating group) is 1. The van der Waals surface area contributed by atoms with Crippen LogP contribution in [0, 0.1) is 0 Å². The number of hydrogen-bond donors (Lipinski definition) is 2. The fourth-order valence-electron chi connectivity index (χ4n) is 2.12. The highest BCUT2D eigenvalue weighted by atomic mass is 16.2. The van der Waals surface area contributed by atoms with Crippen LogP contribution in [0.3, 0.4) is 0 Å². The minimum Gasteiger partial charge on any atom is -0.343 e. The number of carbonyl (C=O) groups is 2. The third kappa shape index (κ3) is 3.79. The maximum atomic E-state index is 12.0. The van der Waals surface area contributed by atoms with Gasteiger partial charge in [-0.15, -0.1) is 0 Å². The van der Waals surface area contributed by atoms with Gasteiger partial charge in [-0.25, -0.2) is 0 Å². The van der Waals surface area contributed by atoms with E-state index < -0.39 is 0 Å². The summed E-state index contributed by atoms with van der Waals surface area (Å²) in [5, 5.41) is 2.83. The number of anilines is 1. The predicted molar refractivity (Wildman–Crippen MR) is 77.0 cm³/mol. The topological polar surface area (TPSA) is 78.7 Å². The van der Waals surface area contributed by atoms with Gasteiger partial charge in [0.05, 0.1) is 13.1 Å². The molecular weight excluding hydrogens is 256 g/mol. The quantitative estimate of drug-likeness (QED) is 0.802. The number of hydrogen-bond acceptors (Lipinski definition) is 4. The number of carbonyl (C=O) groups excluding carboxylic acids is 2. The molecule has 1 heterocycles. The Morgan fingerprint density at radius 3 is 2.90 bits per heavy atom. The number of benzene rings is 1. The molecule has 6 heteroatoms. The van der Waals surface area contributed by atoms with Gasteiger partial charge in [-0.1, -0.05) is 12.1 Å². The molecule has 1 saturated heterocycles. The Morgan fingerprint density at radius 2 is 2.20 bits per heavy atom. The van der Waals surface area contributed by atoms with Crippen LogP contribution >= 0.6 is 0 Å². The van der Waals surface area contributed by atoms with E-state index in [1.54, 1.807) is 11.9 Å². The maximum Gasteiger partial charge on any atom is 0.238 e.